The Morgan fingerprint density at radius 1 is 0.840 bits per heavy atom. The van der Waals surface area contributed by atoms with E-state index >= 15 is 0 Å². The van der Waals surface area contributed by atoms with Gasteiger partial charge in [-0.2, -0.15) is 0 Å². The van der Waals surface area contributed by atoms with E-state index in [-0.39, 0.29) is 17.6 Å². The molecule has 124 valence electrons. The number of nitrogens with one attached hydrogen (secondary N) is 2. The SMILES string of the molecule is O=C(/C=C\c1ccccc1)Nc1cccc(NC(=O)c2ccco2)c1. The summed E-state index contributed by atoms with van der Waals surface area (Å²) in [5, 5.41) is 5.47. The van der Waals surface area contributed by atoms with Crippen LogP contribution in [0.5, 0.6) is 0 Å². The van der Waals surface area contributed by atoms with E-state index in [0.29, 0.717) is 11.4 Å². The zero-order valence-corrected chi connectivity index (χ0v) is 13.3. The second-order valence-corrected chi connectivity index (χ2v) is 5.25. The van der Waals surface area contributed by atoms with Crippen LogP contribution in [0, 0.1) is 0 Å². The lowest BCUT2D eigenvalue weighted by Gasteiger charge is -2.07. The molecule has 0 bridgehead atoms. The van der Waals surface area contributed by atoms with Crippen LogP contribution in [0.4, 0.5) is 11.4 Å². The van der Waals surface area contributed by atoms with E-state index in [1.165, 1.54) is 12.3 Å². The van der Waals surface area contributed by atoms with Gasteiger partial charge in [-0.1, -0.05) is 36.4 Å². The normalized spacial score (nSPS) is 10.6. The molecule has 3 aromatic rings. The maximum atomic E-state index is 12.0. The van der Waals surface area contributed by atoms with E-state index in [1.54, 1.807) is 42.5 Å². The molecule has 0 fully saturated rings. The fourth-order valence-electron chi connectivity index (χ4n) is 2.20. The number of carbonyl (C=O) groups is 2. The van der Waals surface area contributed by atoms with Crippen molar-refractivity contribution in [3.8, 4) is 0 Å². The van der Waals surface area contributed by atoms with Crippen LogP contribution in [0.1, 0.15) is 16.1 Å². The molecule has 0 aliphatic carbocycles. The van der Waals surface area contributed by atoms with Crippen LogP contribution in [0.3, 0.4) is 0 Å². The molecule has 5 heteroatoms. The maximum absolute atomic E-state index is 12.0. The van der Waals surface area contributed by atoms with Crippen molar-refractivity contribution in [1.29, 1.82) is 0 Å². The lowest BCUT2D eigenvalue weighted by molar-refractivity contribution is -0.111. The van der Waals surface area contributed by atoms with Gasteiger partial charge in [-0.3, -0.25) is 9.59 Å². The summed E-state index contributed by atoms with van der Waals surface area (Å²) in [5.74, 6) is -0.379. The number of furan rings is 1. The van der Waals surface area contributed by atoms with Gasteiger partial charge in [0.2, 0.25) is 5.91 Å². The van der Waals surface area contributed by atoms with Gasteiger partial charge < -0.3 is 15.1 Å². The molecule has 0 spiro atoms. The van der Waals surface area contributed by atoms with Crippen molar-refractivity contribution in [2.45, 2.75) is 0 Å². The predicted molar refractivity (Wildman–Crippen MR) is 97.2 cm³/mol. The molecule has 5 nitrogen and oxygen atoms in total. The van der Waals surface area contributed by atoms with Crippen LogP contribution < -0.4 is 10.6 Å². The van der Waals surface area contributed by atoms with E-state index in [9.17, 15) is 9.59 Å². The van der Waals surface area contributed by atoms with Crippen LogP contribution in [0.15, 0.2) is 83.5 Å². The highest BCUT2D eigenvalue weighted by Crippen LogP contribution is 2.16. The molecule has 0 saturated heterocycles. The molecule has 1 aromatic heterocycles. The Morgan fingerprint density at radius 2 is 1.60 bits per heavy atom. The summed E-state index contributed by atoms with van der Waals surface area (Å²) >= 11 is 0. The summed E-state index contributed by atoms with van der Waals surface area (Å²) in [5.41, 5.74) is 2.09. The Balaban J connectivity index is 1.62. The monoisotopic (exact) mass is 332 g/mol. The summed E-state index contributed by atoms with van der Waals surface area (Å²) in [6.45, 7) is 0. The van der Waals surface area contributed by atoms with E-state index in [1.807, 2.05) is 30.3 Å². The molecule has 25 heavy (non-hydrogen) atoms. The Bertz CT molecular complexity index is 884. The second kappa shape index (κ2) is 7.79. The van der Waals surface area contributed by atoms with Gasteiger partial charge in [-0.15, -0.1) is 0 Å². The van der Waals surface area contributed by atoms with Crippen LogP contribution in [-0.4, -0.2) is 11.8 Å². The van der Waals surface area contributed by atoms with E-state index in [0.717, 1.165) is 5.56 Å². The predicted octanol–water partition coefficient (Wildman–Crippen LogP) is 4.18. The quantitative estimate of drug-likeness (QED) is 0.688. The van der Waals surface area contributed by atoms with Crippen molar-refractivity contribution in [3.05, 3.63) is 90.4 Å². The first-order valence-corrected chi connectivity index (χ1v) is 7.70. The highest BCUT2D eigenvalue weighted by molar-refractivity contribution is 6.04. The van der Waals surface area contributed by atoms with Gasteiger partial charge in [0.25, 0.3) is 5.91 Å². The molecule has 2 aromatic carbocycles. The average Bonchev–Trinajstić information content (AvgIpc) is 3.16. The number of benzene rings is 2. The average molecular weight is 332 g/mol. The van der Waals surface area contributed by atoms with Gasteiger partial charge in [0.05, 0.1) is 6.26 Å². The first-order chi connectivity index (χ1) is 12.2. The van der Waals surface area contributed by atoms with Gasteiger partial charge in [-0.05, 0) is 42.0 Å². The van der Waals surface area contributed by atoms with Crippen molar-refractivity contribution in [2.24, 2.45) is 0 Å². The molecule has 1 heterocycles. The van der Waals surface area contributed by atoms with E-state index < -0.39 is 0 Å². The zero-order chi connectivity index (χ0) is 17.5. The van der Waals surface area contributed by atoms with Gasteiger partial charge >= 0.3 is 0 Å². The first-order valence-electron chi connectivity index (χ1n) is 7.70. The topological polar surface area (TPSA) is 71.3 Å². The minimum absolute atomic E-state index is 0.222. The molecule has 0 aliphatic rings. The van der Waals surface area contributed by atoms with Crippen LogP contribution in [0.25, 0.3) is 6.08 Å². The van der Waals surface area contributed by atoms with Gasteiger partial charge in [0.1, 0.15) is 0 Å². The van der Waals surface area contributed by atoms with Crippen molar-refractivity contribution in [2.75, 3.05) is 10.6 Å². The molecule has 2 amide bonds. The second-order valence-electron chi connectivity index (χ2n) is 5.25. The molecule has 0 saturated carbocycles. The molecule has 0 aliphatic heterocycles. The molecule has 2 N–H and O–H groups in total. The lowest BCUT2D eigenvalue weighted by atomic mass is 10.2. The summed E-state index contributed by atoms with van der Waals surface area (Å²) in [4.78, 5) is 24.0. The Morgan fingerprint density at radius 3 is 2.32 bits per heavy atom. The Kier molecular flexibility index (Phi) is 5.07. The molecule has 0 atom stereocenters. The van der Waals surface area contributed by atoms with Gasteiger partial charge in [0.15, 0.2) is 5.76 Å². The summed E-state index contributed by atoms with van der Waals surface area (Å²) in [7, 11) is 0. The number of hydrogen-bond donors (Lipinski definition) is 2. The molecule has 0 unspecified atom stereocenters. The lowest BCUT2D eigenvalue weighted by Crippen LogP contribution is -2.12. The van der Waals surface area contributed by atoms with E-state index in [4.69, 9.17) is 4.42 Å². The van der Waals surface area contributed by atoms with Crippen molar-refractivity contribution in [3.63, 3.8) is 0 Å². The van der Waals surface area contributed by atoms with Crippen molar-refractivity contribution in [1.82, 2.24) is 0 Å². The third kappa shape index (κ3) is 4.68. The summed E-state index contributed by atoms with van der Waals surface area (Å²) in [6, 6.07) is 19.7. The molecule has 3 rings (SSSR count). The number of amides is 2. The number of anilines is 2. The van der Waals surface area contributed by atoms with Gasteiger partial charge in [0, 0.05) is 17.5 Å². The summed E-state index contributed by atoms with van der Waals surface area (Å²) in [6.07, 6.45) is 4.63. The largest absolute Gasteiger partial charge is 0.459 e. The van der Waals surface area contributed by atoms with E-state index in [2.05, 4.69) is 10.6 Å². The molecular formula is C20H16N2O3. The number of carbonyl (C=O) groups excluding carboxylic acids is 2. The van der Waals surface area contributed by atoms with Crippen LogP contribution in [0.2, 0.25) is 0 Å². The minimum atomic E-state index is -0.350. The summed E-state index contributed by atoms with van der Waals surface area (Å²) < 4.78 is 5.05. The molecular weight excluding hydrogens is 316 g/mol. The maximum Gasteiger partial charge on any atom is 0.291 e. The Labute approximate surface area is 145 Å². The third-order valence-corrected chi connectivity index (χ3v) is 3.36. The first kappa shape index (κ1) is 16.3. The number of rotatable bonds is 5. The van der Waals surface area contributed by atoms with Crippen LogP contribution in [-0.2, 0) is 4.79 Å². The van der Waals surface area contributed by atoms with Gasteiger partial charge in [-0.25, -0.2) is 0 Å². The fraction of sp³-hybridized carbons (Fsp3) is 0. The smallest absolute Gasteiger partial charge is 0.291 e. The van der Waals surface area contributed by atoms with Crippen molar-refractivity contribution < 1.29 is 14.0 Å². The third-order valence-electron chi connectivity index (χ3n) is 3.36. The highest BCUT2D eigenvalue weighted by atomic mass is 16.3. The van der Waals surface area contributed by atoms with Crippen molar-refractivity contribution >= 4 is 29.3 Å². The Hall–Kier alpha value is -3.60. The standard InChI is InChI=1S/C20H16N2O3/c23-19(12-11-15-6-2-1-3-7-15)21-16-8-4-9-17(14-16)22-20(24)18-10-5-13-25-18/h1-14H,(H,21,23)(H,22,24)/b12-11-. The highest BCUT2D eigenvalue weighted by Gasteiger charge is 2.09. The minimum Gasteiger partial charge on any atom is -0.459 e. The fourth-order valence-corrected chi connectivity index (χ4v) is 2.20. The van der Waals surface area contributed by atoms with Crippen LogP contribution >= 0.6 is 0 Å². The number of hydrogen-bond acceptors (Lipinski definition) is 3. The zero-order valence-electron chi connectivity index (χ0n) is 13.3. The molecule has 0 radical (unpaired) electrons.